The van der Waals surface area contributed by atoms with E-state index in [1.807, 2.05) is 12.1 Å². The third-order valence-electron chi connectivity index (χ3n) is 4.34. The van der Waals surface area contributed by atoms with Crippen LogP contribution in [-0.2, 0) is 12.0 Å². The van der Waals surface area contributed by atoms with E-state index in [0.29, 0.717) is 0 Å². The Morgan fingerprint density at radius 2 is 1.75 bits per heavy atom. The first-order valence-electron chi connectivity index (χ1n) is 7.18. The summed E-state index contributed by atoms with van der Waals surface area (Å²) < 4.78 is 0. The summed E-state index contributed by atoms with van der Waals surface area (Å²) in [5.74, 6) is 0. The van der Waals surface area contributed by atoms with Gasteiger partial charge in [0.15, 0.2) is 0 Å². The van der Waals surface area contributed by atoms with Crippen LogP contribution in [0.3, 0.4) is 0 Å². The fraction of sp³-hybridized carbons (Fsp3) is 0.333. The lowest BCUT2D eigenvalue weighted by atomic mass is 9.82. The summed E-state index contributed by atoms with van der Waals surface area (Å²) in [4.78, 5) is 2.55. The number of rotatable bonds is 3. The van der Waals surface area contributed by atoms with Gasteiger partial charge in [0.1, 0.15) is 0 Å². The van der Waals surface area contributed by atoms with Crippen LogP contribution in [0.25, 0.3) is 0 Å². The molecule has 2 aromatic rings. The minimum absolute atomic E-state index is 0.249. The Hall–Kier alpha value is -1.31. The minimum atomic E-state index is 0.249. The van der Waals surface area contributed by atoms with E-state index in [2.05, 4.69) is 54.3 Å². The van der Waals surface area contributed by atoms with Crippen molar-refractivity contribution < 1.29 is 0 Å². The first kappa shape index (κ1) is 13.7. The molecule has 0 aliphatic carbocycles. The van der Waals surface area contributed by atoms with Crippen molar-refractivity contribution in [1.29, 1.82) is 0 Å². The second kappa shape index (κ2) is 5.59. The average molecular weight is 286 g/mol. The largest absolute Gasteiger partial charge is 0.298 e. The van der Waals surface area contributed by atoms with Crippen molar-refractivity contribution >= 4 is 11.6 Å². The van der Waals surface area contributed by atoms with Gasteiger partial charge in [0.2, 0.25) is 0 Å². The predicted molar refractivity (Wildman–Crippen MR) is 85.1 cm³/mol. The van der Waals surface area contributed by atoms with Gasteiger partial charge >= 0.3 is 0 Å². The monoisotopic (exact) mass is 285 g/mol. The zero-order chi connectivity index (χ0) is 14.0. The fourth-order valence-electron chi connectivity index (χ4n) is 3.12. The molecule has 1 atom stereocenters. The Morgan fingerprint density at radius 3 is 2.45 bits per heavy atom. The molecule has 1 unspecified atom stereocenters. The fourth-order valence-corrected chi connectivity index (χ4v) is 3.25. The molecule has 0 aromatic heterocycles. The summed E-state index contributed by atoms with van der Waals surface area (Å²) in [7, 11) is 0. The Labute approximate surface area is 126 Å². The lowest BCUT2D eigenvalue weighted by Gasteiger charge is -2.25. The van der Waals surface area contributed by atoms with Gasteiger partial charge in [-0.25, -0.2) is 0 Å². The molecular formula is C18H20ClN. The Morgan fingerprint density at radius 1 is 1.05 bits per heavy atom. The van der Waals surface area contributed by atoms with Gasteiger partial charge in [0.05, 0.1) is 0 Å². The number of likely N-dealkylation sites (tertiary alicyclic amines) is 1. The van der Waals surface area contributed by atoms with Crippen LogP contribution in [0.5, 0.6) is 0 Å². The van der Waals surface area contributed by atoms with Gasteiger partial charge in [-0.3, -0.25) is 4.90 Å². The third kappa shape index (κ3) is 2.89. The van der Waals surface area contributed by atoms with Gasteiger partial charge in [-0.05, 0) is 36.2 Å². The Balaban J connectivity index is 1.71. The molecule has 0 saturated carbocycles. The maximum absolute atomic E-state index is 5.99. The number of benzene rings is 2. The SMILES string of the molecule is CC1(c2ccc(Cl)cc2)CCN(Cc2ccccc2)C1. The maximum Gasteiger partial charge on any atom is 0.0406 e. The molecule has 3 rings (SSSR count). The number of hydrogen-bond donors (Lipinski definition) is 0. The van der Waals surface area contributed by atoms with Crippen molar-refractivity contribution in [3.05, 3.63) is 70.7 Å². The van der Waals surface area contributed by atoms with Crippen molar-refractivity contribution in [2.75, 3.05) is 13.1 Å². The first-order valence-corrected chi connectivity index (χ1v) is 7.56. The quantitative estimate of drug-likeness (QED) is 0.802. The van der Waals surface area contributed by atoms with Crippen LogP contribution in [0.15, 0.2) is 54.6 Å². The summed E-state index contributed by atoms with van der Waals surface area (Å²) in [6, 6.07) is 19.1. The van der Waals surface area contributed by atoms with Gasteiger partial charge in [-0.15, -0.1) is 0 Å². The molecule has 1 saturated heterocycles. The lowest BCUT2D eigenvalue weighted by molar-refractivity contribution is 0.309. The molecule has 0 N–H and O–H groups in total. The molecular weight excluding hydrogens is 266 g/mol. The normalized spacial score (nSPS) is 23.1. The summed E-state index contributed by atoms with van der Waals surface area (Å²) in [6.45, 7) is 5.68. The van der Waals surface area contributed by atoms with E-state index >= 15 is 0 Å². The molecule has 1 aliphatic rings. The van der Waals surface area contributed by atoms with Crippen LogP contribution in [-0.4, -0.2) is 18.0 Å². The molecule has 0 bridgehead atoms. The lowest BCUT2D eigenvalue weighted by Crippen LogP contribution is -2.27. The van der Waals surface area contributed by atoms with E-state index in [9.17, 15) is 0 Å². The summed E-state index contributed by atoms with van der Waals surface area (Å²) in [6.07, 6.45) is 1.21. The topological polar surface area (TPSA) is 3.24 Å². The highest BCUT2D eigenvalue weighted by molar-refractivity contribution is 6.30. The highest BCUT2D eigenvalue weighted by atomic mass is 35.5. The third-order valence-corrected chi connectivity index (χ3v) is 4.59. The van der Waals surface area contributed by atoms with E-state index in [4.69, 9.17) is 11.6 Å². The summed E-state index contributed by atoms with van der Waals surface area (Å²) in [5, 5.41) is 0.816. The van der Waals surface area contributed by atoms with E-state index in [-0.39, 0.29) is 5.41 Å². The van der Waals surface area contributed by atoms with Gasteiger partial charge in [-0.1, -0.05) is 61.0 Å². The van der Waals surface area contributed by atoms with Crippen molar-refractivity contribution in [2.45, 2.75) is 25.3 Å². The number of hydrogen-bond acceptors (Lipinski definition) is 1. The molecule has 0 spiro atoms. The van der Waals surface area contributed by atoms with Gasteiger partial charge < -0.3 is 0 Å². The highest BCUT2D eigenvalue weighted by Gasteiger charge is 2.34. The molecule has 0 radical (unpaired) electrons. The van der Waals surface area contributed by atoms with Crippen molar-refractivity contribution in [3.63, 3.8) is 0 Å². The van der Waals surface area contributed by atoms with Crippen LogP contribution in [0, 0.1) is 0 Å². The molecule has 1 heterocycles. The van der Waals surface area contributed by atoms with E-state index in [0.717, 1.165) is 24.7 Å². The van der Waals surface area contributed by atoms with Gasteiger partial charge in [0.25, 0.3) is 0 Å². The number of halogens is 1. The number of nitrogens with zero attached hydrogens (tertiary/aromatic N) is 1. The molecule has 1 aliphatic heterocycles. The summed E-state index contributed by atoms with van der Waals surface area (Å²) >= 11 is 5.99. The minimum Gasteiger partial charge on any atom is -0.298 e. The van der Waals surface area contributed by atoms with Crippen LogP contribution in [0.4, 0.5) is 0 Å². The predicted octanol–water partition coefficient (Wildman–Crippen LogP) is 4.50. The van der Waals surface area contributed by atoms with Crippen LogP contribution >= 0.6 is 11.6 Å². The van der Waals surface area contributed by atoms with Gasteiger partial charge in [0, 0.05) is 23.5 Å². The van der Waals surface area contributed by atoms with E-state index in [1.165, 1.54) is 17.5 Å². The standard InChI is InChI=1S/C18H20ClN/c1-18(16-7-9-17(19)10-8-16)11-12-20(14-18)13-15-5-3-2-4-6-15/h2-10H,11-14H2,1H3. The van der Waals surface area contributed by atoms with Crippen molar-refractivity contribution in [3.8, 4) is 0 Å². The zero-order valence-corrected chi connectivity index (χ0v) is 12.6. The first-order chi connectivity index (χ1) is 9.66. The maximum atomic E-state index is 5.99. The second-order valence-electron chi connectivity index (χ2n) is 6.01. The zero-order valence-electron chi connectivity index (χ0n) is 11.8. The van der Waals surface area contributed by atoms with E-state index < -0.39 is 0 Å². The molecule has 104 valence electrons. The van der Waals surface area contributed by atoms with Crippen LogP contribution in [0.1, 0.15) is 24.5 Å². The molecule has 2 aromatic carbocycles. The van der Waals surface area contributed by atoms with E-state index in [1.54, 1.807) is 0 Å². The molecule has 20 heavy (non-hydrogen) atoms. The second-order valence-corrected chi connectivity index (χ2v) is 6.45. The van der Waals surface area contributed by atoms with Crippen LogP contribution in [0.2, 0.25) is 5.02 Å². The smallest absolute Gasteiger partial charge is 0.0406 e. The van der Waals surface area contributed by atoms with Crippen LogP contribution < -0.4 is 0 Å². The Kier molecular flexibility index (Phi) is 3.82. The molecule has 0 amide bonds. The average Bonchev–Trinajstić information content (AvgIpc) is 2.83. The van der Waals surface area contributed by atoms with Crippen molar-refractivity contribution in [1.82, 2.24) is 4.90 Å². The van der Waals surface area contributed by atoms with Gasteiger partial charge in [-0.2, -0.15) is 0 Å². The molecule has 1 fully saturated rings. The molecule has 2 heteroatoms. The Bertz CT molecular complexity index is 564. The summed E-state index contributed by atoms with van der Waals surface area (Å²) in [5.41, 5.74) is 3.05. The molecule has 1 nitrogen and oxygen atoms in total. The highest BCUT2D eigenvalue weighted by Crippen LogP contribution is 2.35. The van der Waals surface area contributed by atoms with Crippen molar-refractivity contribution in [2.24, 2.45) is 0 Å².